The number of benzene rings is 1. The number of nitrogens with one attached hydrogen (secondary N) is 2. The van der Waals surface area contributed by atoms with E-state index in [2.05, 4.69) is 29.1 Å². The van der Waals surface area contributed by atoms with Gasteiger partial charge in [0.2, 0.25) is 5.91 Å². The van der Waals surface area contributed by atoms with E-state index in [9.17, 15) is 14.4 Å². The van der Waals surface area contributed by atoms with Crippen LogP contribution in [0.5, 0.6) is 0 Å². The summed E-state index contributed by atoms with van der Waals surface area (Å²) in [6.45, 7) is 2.95. The van der Waals surface area contributed by atoms with Crippen LogP contribution >= 0.6 is 0 Å². The molecule has 2 amide bonds. The van der Waals surface area contributed by atoms with Crippen molar-refractivity contribution in [1.82, 2.24) is 10.6 Å². The second-order valence-electron chi connectivity index (χ2n) is 3.49. The van der Waals surface area contributed by atoms with E-state index in [0.29, 0.717) is 0 Å². The quantitative estimate of drug-likeness (QED) is 0.252. The molecule has 116 valence electrons. The SMILES string of the molecule is CC(=O)OCNC(=O)CN[C-]=O.Cc1ccccc1.[Fm]. The van der Waals surface area contributed by atoms with E-state index >= 15 is 0 Å². The average Bonchev–Trinajstić information content (AvgIpc) is 2.37. The molecular formula is C13H17FmN2O4-. The van der Waals surface area contributed by atoms with Crippen LogP contribution in [0.25, 0.3) is 0 Å². The van der Waals surface area contributed by atoms with Crippen LogP contribution in [0.1, 0.15) is 12.5 Å². The van der Waals surface area contributed by atoms with Gasteiger partial charge in [-0.3, -0.25) is 9.59 Å². The van der Waals surface area contributed by atoms with E-state index in [1.807, 2.05) is 23.5 Å². The first kappa shape index (κ1) is 19.0. The van der Waals surface area contributed by atoms with Gasteiger partial charge >= 0.3 is 5.97 Å². The molecule has 0 aliphatic heterocycles. The fourth-order valence-electron chi connectivity index (χ4n) is 0.931. The molecule has 0 bridgehead atoms. The molecule has 1 aromatic carbocycles. The van der Waals surface area contributed by atoms with Crippen LogP contribution in [-0.4, -0.2) is 31.6 Å². The zero-order valence-corrected chi connectivity index (χ0v) is 13.6. The topological polar surface area (TPSA) is 84.5 Å². The van der Waals surface area contributed by atoms with Gasteiger partial charge in [-0.15, -0.1) is 0 Å². The molecule has 0 saturated heterocycles. The minimum atomic E-state index is -0.481. The Morgan fingerprint density at radius 2 is 1.85 bits per heavy atom. The van der Waals surface area contributed by atoms with Gasteiger partial charge in [-0.2, -0.15) is 6.41 Å². The van der Waals surface area contributed by atoms with Gasteiger partial charge in [0.15, 0.2) is 6.73 Å². The molecule has 6 nitrogen and oxygen atoms in total. The summed E-state index contributed by atoms with van der Waals surface area (Å²) in [6.07, 6.45) is 1.33. The minimum absolute atomic E-state index is 0. The van der Waals surface area contributed by atoms with Gasteiger partial charge in [-0.05, 0) is 6.92 Å². The number of hydrogen-bond acceptors (Lipinski definition) is 4. The summed E-state index contributed by atoms with van der Waals surface area (Å²) in [4.78, 5) is 30.4. The van der Waals surface area contributed by atoms with Crippen LogP contribution in [-0.2, 0) is 19.1 Å². The second-order valence-corrected chi connectivity index (χ2v) is 3.49. The van der Waals surface area contributed by atoms with E-state index in [-0.39, 0.29) is 13.3 Å². The molecule has 0 aliphatic carbocycles. The molecule has 1 rings (SSSR count). The van der Waals surface area contributed by atoms with Crippen molar-refractivity contribution in [3.8, 4) is 0 Å². The van der Waals surface area contributed by atoms with Gasteiger partial charge in [-0.25, -0.2) is 0 Å². The van der Waals surface area contributed by atoms with Crippen LogP contribution in [0.15, 0.2) is 30.3 Å². The first-order valence-electron chi connectivity index (χ1n) is 5.58. The van der Waals surface area contributed by atoms with E-state index in [1.165, 1.54) is 18.9 Å². The van der Waals surface area contributed by atoms with Gasteiger partial charge < -0.3 is 20.2 Å². The maximum absolute atomic E-state index is 10.6. The Labute approximate surface area is 112 Å². The molecule has 0 aromatic heterocycles. The molecule has 0 atom stereocenters. The van der Waals surface area contributed by atoms with E-state index in [0.717, 1.165) is 0 Å². The normalized spacial score (nSPS) is 8.10. The minimum Gasteiger partial charge on any atom is -0.522 e. The number of carbonyl (C=O) groups is 2. The van der Waals surface area contributed by atoms with Crippen LogP contribution in [0.2, 0.25) is 0 Å². The van der Waals surface area contributed by atoms with Gasteiger partial charge in [0.25, 0.3) is 0 Å². The van der Waals surface area contributed by atoms with Crippen LogP contribution in [0.3, 0.4) is 0 Å². The molecule has 0 unspecified atom stereocenters. The maximum atomic E-state index is 10.6. The van der Waals surface area contributed by atoms with E-state index in [4.69, 9.17) is 0 Å². The fourth-order valence-corrected chi connectivity index (χ4v) is 0.931. The zero-order chi connectivity index (χ0) is 14.5. The Morgan fingerprint density at radius 1 is 1.25 bits per heavy atom. The molecule has 0 heterocycles. The number of esters is 1. The summed E-state index contributed by atoms with van der Waals surface area (Å²) in [6, 6.07) is 10.3. The van der Waals surface area contributed by atoms with Crippen LogP contribution in [0.4, 0.5) is 0 Å². The van der Waals surface area contributed by atoms with Crippen molar-refractivity contribution < 1.29 is 19.1 Å². The van der Waals surface area contributed by atoms with E-state index in [1.54, 1.807) is 0 Å². The molecule has 20 heavy (non-hydrogen) atoms. The van der Waals surface area contributed by atoms with Crippen molar-refractivity contribution in [1.29, 1.82) is 0 Å². The summed E-state index contributed by atoms with van der Waals surface area (Å²) >= 11 is 0. The predicted octanol–water partition coefficient (Wildman–Crippen LogP) is 0.275. The number of amides is 2. The summed E-state index contributed by atoms with van der Waals surface area (Å²) in [5, 5.41) is 4.25. The Kier molecular flexibility index (Phi) is 11.5. The number of aryl methyl sites for hydroxylation is 1. The summed E-state index contributed by atoms with van der Waals surface area (Å²) in [7, 11) is 0. The Hall–Kier alpha value is -3.37. The monoisotopic (exact) mass is 522 g/mol. The molecule has 0 saturated carbocycles. The molecule has 2 N–H and O–H groups in total. The Morgan fingerprint density at radius 3 is 2.25 bits per heavy atom. The molecule has 0 aliphatic rings. The molecule has 7 heteroatoms. The second kappa shape index (κ2) is 12.1. The maximum Gasteiger partial charge on any atom is 0.304 e. The average molecular weight is 522 g/mol. The first-order chi connectivity index (χ1) is 9.06. The summed E-state index contributed by atoms with van der Waals surface area (Å²) in [5.41, 5.74) is 1.32. The van der Waals surface area contributed by atoms with Crippen molar-refractivity contribution in [3.63, 3.8) is 0 Å². The van der Waals surface area contributed by atoms with Crippen LogP contribution in [0, 0.1) is 6.92 Å². The fraction of sp³-hybridized carbons (Fsp3) is 0.308. The largest absolute Gasteiger partial charge is 0.522 e. The Bertz CT molecular complexity index is 399. The number of ether oxygens (including phenoxy) is 1. The van der Waals surface area contributed by atoms with E-state index < -0.39 is 11.9 Å². The summed E-state index contributed by atoms with van der Waals surface area (Å²) in [5.74, 6) is -0.926. The number of rotatable bonds is 5. The van der Waals surface area contributed by atoms with Crippen molar-refractivity contribution in [2.24, 2.45) is 0 Å². The summed E-state index contributed by atoms with van der Waals surface area (Å²) < 4.78 is 4.40. The number of hydrogen-bond donors (Lipinski definition) is 2. The third-order valence-electron chi connectivity index (χ3n) is 1.81. The third kappa shape index (κ3) is 12.7. The Balaban J connectivity index is 0. The molecular weight excluding hydrogens is 505 g/mol. The predicted molar refractivity (Wildman–Crippen MR) is 69.7 cm³/mol. The van der Waals surface area contributed by atoms with Crippen molar-refractivity contribution in [3.05, 3.63) is 35.9 Å². The molecule has 0 fully saturated rings. The smallest absolute Gasteiger partial charge is 0.304 e. The standard InChI is InChI=1S/C7H8.C6H9N2O4.Fm/c1-7-5-3-2-4-6-7;1-5(10)12-4-8-6(11)2-7-3-9;/h2-6H,1H3;2,4H2,1H3,(H,7,9)(H,8,11);/q;-1;. The number of carbonyl (C=O) groups excluding carboxylic acids is 3. The van der Waals surface area contributed by atoms with Gasteiger partial charge in [0.1, 0.15) is 0 Å². The molecule has 0 spiro atoms. The van der Waals surface area contributed by atoms with Crippen LogP contribution < -0.4 is 10.6 Å². The van der Waals surface area contributed by atoms with Gasteiger partial charge in [0.05, 0.1) is 6.54 Å². The van der Waals surface area contributed by atoms with Gasteiger partial charge in [0, 0.05) is 6.92 Å². The third-order valence-corrected chi connectivity index (χ3v) is 1.81. The van der Waals surface area contributed by atoms with Crippen molar-refractivity contribution in [2.75, 3.05) is 13.3 Å². The van der Waals surface area contributed by atoms with Gasteiger partial charge in [-0.1, -0.05) is 35.9 Å². The first-order valence-corrected chi connectivity index (χ1v) is 5.58. The molecule has 1 aromatic rings. The molecule has 0 radical (unpaired) electrons. The van der Waals surface area contributed by atoms with Crippen molar-refractivity contribution in [2.45, 2.75) is 13.8 Å². The zero-order valence-electron chi connectivity index (χ0n) is 11.2. The van der Waals surface area contributed by atoms with Crippen molar-refractivity contribution >= 4 is 18.3 Å².